The molecule has 0 aliphatic rings. The molecule has 26 heavy (non-hydrogen) atoms. The van der Waals surface area contributed by atoms with E-state index < -0.39 is 18.0 Å². The first-order valence-electron chi connectivity index (χ1n) is 8.30. The molecule has 1 N–H and O–H groups in total. The fourth-order valence-electron chi connectivity index (χ4n) is 2.36. The third-order valence-electron chi connectivity index (χ3n) is 3.73. The number of amides is 1. The molecule has 0 saturated heterocycles. The molecule has 0 heterocycles. The van der Waals surface area contributed by atoms with Crippen LogP contribution < -0.4 is 10.1 Å². The van der Waals surface area contributed by atoms with E-state index in [1.54, 1.807) is 18.2 Å². The summed E-state index contributed by atoms with van der Waals surface area (Å²) in [6.07, 6.45) is 2.03. The lowest BCUT2D eigenvalue weighted by molar-refractivity contribution is -0.148. The third kappa shape index (κ3) is 5.48. The standard InChI is InChI=1S/C21H23NO4/c1-14-6-5-7-17(12-14)9-11-20(23)26-16(3)21(24)22-18-13-15(2)8-10-19(18)25-4/h5-13,16H,1-4H3,(H,22,24)/b11-9+/t16-/m0/s1. The van der Waals surface area contributed by atoms with Gasteiger partial charge in [0.05, 0.1) is 12.8 Å². The predicted molar refractivity (Wildman–Crippen MR) is 102 cm³/mol. The lowest BCUT2D eigenvalue weighted by Gasteiger charge is -2.15. The van der Waals surface area contributed by atoms with Crippen molar-refractivity contribution in [2.75, 3.05) is 12.4 Å². The van der Waals surface area contributed by atoms with Crippen LogP contribution in [0.5, 0.6) is 5.75 Å². The molecule has 0 saturated carbocycles. The van der Waals surface area contributed by atoms with Gasteiger partial charge in [-0.3, -0.25) is 4.79 Å². The zero-order valence-corrected chi connectivity index (χ0v) is 15.4. The number of nitrogens with one attached hydrogen (secondary N) is 1. The summed E-state index contributed by atoms with van der Waals surface area (Å²) in [5.74, 6) is -0.460. The number of hydrogen-bond acceptors (Lipinski definition) is 4. The molecule has 0 unspecified atom stereocenters. The van der Waals surface area contributed by atoms with E-state index in [0.717, 1.165) is 16.7 Å². The number of hydrogen-bond donors (Lipinski definition) is 1. The second-order valence-corrected chi connectivity index (χ2v) is 6.02. The van der Waals surface area contributed by atoms with Crippen molar-refractivity contribution in [3.63, 3.8) is 0 Å². The van der Waals surface area contributed by atoms with E-state index in [-0.39, 0.29) is 0 Å². The van der Waals surface area contributed by atoms with E-state index in [0.29, 0.717) is 11.4 Å². The SMILES string of the molecule is COc1ccc(C)cc1NC(=O)[C@H](C)OC(=O)/C=C/c1cccc(C)c1. The first-order valence-corrected chi connectivity index (χ1v) is 8.30. The van der Waals surface area contributed by atoms with Crippen molar-refractivity contribution >= 4 is 23.6 Å². The van der Waals surface area contributed by atoms with Crippen molar-refractivity contribution in [2.24, 2.45) is 0 Å². The van der Waals surface area contributed by atoms with E-state index in [9.17, 15) is 9.59 Å². The summed E-state index contributed by atoms with van der Waals surface area (Å²) in [5, 5.41) is 2.72. The maximum atomic E-state index is 12.3. The molecule has 2 aromatic rings. The van der Waals surface area contributed by atoms with Crippen LogP contribution in [0.25, 0.3) is 6.08 Å². The molecule has 0 fully saturated rings. The van der Waals surface area contributed by atoms with Gasteiger partial charge in [-0.25, -0.2) is 4.79 Å². The summed E-state index contributed by atoms with van der Waals surface area (Å²) in [5.41, 5.74) is 3.51. The number of esters is 1. The van der Waals surface area contributed by atoms with Crippen molar-refractivity contribution in [2.45, 2.75) is 26.9 Å². The Balaban J connectivity index is 1.96. The van der Waals surface area contributed by atoms with Gasteiger partial charge in [0.25, 0.3) is 5.91 Å². The molecule has 136 valence electrons. The third-order valence-corrected chi connectivity index (χ3v) is 3.73. The molecule has 0 radical (unpaired) electrons. The first kappa shape index (κ1) is 19.2. The van der Waals surface area contributed by atoms with Crippen molar-refractivity contribution in [3.8, 4) is 5.75 Å². The van der Waals surface area contributed by atoms with Gasteiger partial charge in [-0.15, -0.1) is 0 Å². The van der Waals surface area contributed by atoms with Crippen molar-refractivity contribution in [1.82, 2.24) is 0 Å². The fourth-order valence-corrected chi connectivity index (χ4v) is 2.36. The molecule has 1 atom stereocenters. The number of carbonyl (C=O) groups excluding carboxylic acids is 2. The number of ether oxygens (including phenoxy) is 2. The summed E-state index contributed by atoms with van der Waals surface area (Å²) in [6, 6.07) is 13.2. The highest BCUT2D eigenvalue weighted by molar-refractivity contribution is 5.97. The van der Waals surface area contributed by atoms with Crippen LogP contribution in [0.2, 0.25) is 0 Å². The van der Waals surface area contributed by atoms with Gasteiger partial charge in [0, 0.05) is 6.08 Å². The lowest BCUT2D eigenvalue weighted by Crippen LogP contribution is -2.29. The Morgan fingerprint density at radius 1 is 1.08 bits per heavy atom. The van der Waals surface area contributed by atoms with E-state index in [1.165, 1.54) is 20.1 Å². The van der Waals surface area contributed by atoms with Gasteiger partial charge in [0.15, 0.2) is 6.10 Å². The van der Waals surface area contributed by atoms with Gasteiger partial charge in [-0.1, -0.05) is 35.9 Å². The first-order chi connectivity index (χ1) is 12.4. The van der Waals surface area contributed by atoms with Crippen LogP contribution in [-0.4, -0.2) is 25.1 Å². The minimum absolute atomic E-state index is 0.425. The molecular formula is C21H23NO4. The Morgan fingerprint density at radius 3 is 2.50 bits per heavy atom. The summed E-state index contributed by atoms with van der Waals surface area (Å²) < 4.78 is 10.4. The molecule has 0 spiro atoms. The number of anilines is 1. The molecule has 0 aromatic heterocycles. The van der Waals surface area contributed by atoms with E-state index in [2.05, 4.69) is 5.32 Å². The monoisotopic (exact) mass is 353 g/mol. The molecule has 2 rings (SSSR count). The average Bonchev–Trinajstić information content (AvgIpc) is 2.60. The number of benzene rings is 2. The molecule has 2 aromatic carbocycles. The maximum absolute atomic E-state index is 12.3. The van der Waals surface area contributed by atoms with Crippen LogP contribution >= 0.6 is 0 Å². The highest BCUT2D eigenvalue weighted by atomic mass is 16.5. The van der Waals surface area contributed by atoms with Crippen molar-refractivity contribution in [1.29, 1.82) is 0 Å². The molecule has 0 bridgehead atoms. The molecule has 5 nitrogen and oxygen atoms in total. The molecular weight excluding hydrogens is 330 g/mol. The van der Waals surface area contributed by atoms with Gasteiger partial charge in [0.1, 0.15) is 5.75 Å². The van der Waals surface area contributed by atoms with E-state index >= 15 is 0 Å². The average molecular weight is 353 g/mol. The minimum atomic E-state index is -0.935. The molecule has 0 aliphatic carbocycles. The summed E-state index contributed by atoms with van der Waals surface area (Å²) in [7, 11) is 1.53. The predicted octanol–water partition coefficient (Wildman–Crippen LogP) is 3.90. The summed E-state index contributed by atoms with van der Waals surface area (Å²) in [4.78, 5) is 24.2. The topological polar surface area (TPSA) is 64.6 Å². The number of carbonyl (C=O) groups is 2. The largest absolute Gasteiger partial charge is 0.495 e. The minimum Gasteiger partial charge on any atom is -0.495 e. The highest BCUT2D eigenvalue weighted by Crippen LogP contribution is 2.25. The van der Waals surface area contributed by atoms with Crippen LogP contribution in [0.3, 0.4) is 0 Å². The summed E-state index contributed by atoms with van der Waals surface area (Å²) in [6.45, 7) is 5.41. The quantitative estimate of drug-likeness (QED) is 0.632. The Kier molecular flexibility index (Phi) is 6.55. The smallest absolute Gasteiger partial charge is 0.331 e. The summed E-state index contributed by atoms with van der Waals surface area (Å²) >= 11 is 0. The van der Waals surface area contributed by atoms with Gasteiger partial charge >= 0.3 is 5.97 Å². The number of rotatable bonds is 6. The van der Waals surface area contributed by atoms with Gasteiger partial charge in [-0.05, 0) is 50.1 Å². The lowest BCUT2D eigenvalue weighted by atomic mass is 10.1. The Bertz CT molecular complexity index is 827. The van der Waals surface area contributed by atoms with Crippen LogP contribution in [0.4, 0.5) is 5.69 Å². The molecule has 5 heteroatoms. The Hall–Kier alpha value is -3.08. The zero-order chi connectivity index (χ0) is 19.1. The van der Waals surface area contributed by atoms with Crippen LogP contribution in [0, 0.1) is 13.8 Å². The second-order valence-electron chi connectivity index (χ2n) is 6.02. The highest BCUT2D eigenvalue weighted by Gasteiger charge is 2.18. The van der Waals surface area contributed by atoms with Gasteiger partial charge in [0.2, 0.25) is 0 Å². The molecule has 0 aliphatic heterocycles. The van der Waals surface area contributed by atoms with Gasteiger partial charge < -0.3 is 14.8 Å². The zero-order valence-electron chi connectivity index (χ0n) is 15.4. The normalized spacial score (nSPS) is 11.8. The number of aryl methyl sites for hydroxylation is 2. The second kappa shape index (κ2) is 8.85. The Morgan fingerprint density at radius 2 is 1.81 bits per heavy atom. The van der Waals surface area contributed by atoms with Crippen LogP contribution in [-0.2, 0) is 14.3 Å². The fraction of sp³-hybridized carbons (Fsp3) is 0.238. The van der Waals surface area contributed by atoms with Gasteiger partial charge in [-0.2, -0.15) is 0 Å². The van der Waals surface area contributed by atoms with E-state index in [1.807, 2.05) is 44.2 Å². The maximum Gasteiger partial charge on any atom is 0.331 e. The van der Waals surface area contributed by atoms with Crippen LogP contribution in [0.1, 0.15) is 23.6 Å². The van der Waals surface area contributed by atoms with E-state index in [4.69, 9.17) is 9.47 Å². The number of methoxy groups -OCH3 is 1. The molecule has 1 amide bonds. The Labute approximate surface area is 153 Å². The van der Waals surface area contributed by atoms with Crippen molar-refractivity contribution < 1.29 is 19.1 Å². The van der Waals surface area contributed by atoms with Crippen molar-refractivity contribution in [3.05, 3.63) is 65.2 Å². The van der Waals surface area contributed by atoms with Crippen LogP contribution in [0.15, 0.2) is 48.5 Å².